The van der Waals surface area contributed by atoms with Gasteiger partial charge in [0.05, 0.1) is 12.4 Å². The first-order valence-electron chi connectivity index (χ1n) is 6.95. The number of hydrogen-bond donors (Lipinski definition) is 0. The van der Waals surface area contributed by atoms with E-state index in [0.29, 0.717) is 16.3 Å². The molecule has 0 unspecified atom stereocenters. The van der Waals surface area contributed by atoms with Crippen molar-refractivity contribution >= 4 is 17.5 Å². The van der Waals surface area contributed by atoms with E-state index < -0.39 is 0 Å². The van der Waals surface area contributed by atoms with Crippen molar-refractivity contribution in [2.45, 2.75) is 38.5 Å². The van der Waals surface area contributed by atoms with E-state index in [9.17, 15) is 4.79 Å². The molecule has 3 rings (SSSR count). The van der Waals surface area contributed by atoms with Gasteiger partial charge in [-0.25, -0.2) is 9.97 Å². The lowest BCUT2D eigenvalue weighted by molar-refractivity contribution is 0.0581. The number of rotatable bonds is 1. The number of carbonyl (C=O) groups is 1. The van der Waals surface area contributed by atoms with E-state index in [4.69, 9.17) is 11.6 Å². The summed E-state index contributed by atoms with van der Waals surface area (Å²) < 4.78 is 0. The molecule has 19 heavy (non-hydrogen) atoms. The standard InChI is InChI=1S/C14H18ClN3O/c15-12-10-16-11(9-17-12)13(19)18-7-5-14(6-8-18)3-1-2-4-14/h9-10H,1-8H2. The minimum atomic E-state index is -0.0167. The molecule has 0 radical (unpaired) electrons. The molecule has 1 saturated heterocycles. The molecule has 1 saturated carbocycles. The monoisotopic (exact) mass is 279 g/mol. The summed E-state index contributed by atoms with van der Waals surface area (Å²) in [5.74, 6) is -0.0167. The third-order valence-electron chi connectivity index (χ3n) is 4.61. The summed E-state index contributed by atoms with van der Waals surface area (Å²) in [6.07, 6.45) is 10.6. The lowest BCUT2D eigenvalue weighted by atomic mass is 9.77. The van der Waals surface area contributed by atoms with Gasteiger partial charge < -0.3 is 4.90 Å². The zero-order valence-electron chi connectivity index (χ0n) is 10.9. The van der Waals surface area contributed by atoms with Gasteiger partial charge in [0.2, 0.25) is 0 Å². The van der Waals surface area contributed by atoms with Crippen LogP contribution < -0.4 is 0 Å². The van der Waals surface area contributed by atoms with Crippen LogP contribution in [0.1, 0.15) is 49.0 Å². The Balaban J connectivity index is 1.64. The van der Waals surface area contributed by atoms with Crippen LogP contribution in [0.3, 0.4) is 0 Å². The van der Waals surface area contributed by atoms with Gasteiger partial charge in [0.1, 0.15) is 10.8 Å². The second kappa shape index (κ2) is 5.08. The van der Waals surface area contributed by atoms with Crippen molar-refractivity contribution in [1.29, 1.82) is 0 Å². The number of nitrogens with zero attached hydrogens (tertiary/aromatic N) is 3. The van der Waals surface area contributed by atoms with E-state index in [1.165, 1.54) is 38.1 Å². The Hall–Kier alpha value is -1.16. The molecule has 4 nitrogen and oxygen atoms in total. The molecule has 2 heterocycles. The third kappa shape index (κ3) is 2.59. The molecule has 1 amide bonds. The predicted octanol–water partition coefficient (Wildman–Crippen LogP) is 2.93. The molecular weight excluding hydrogens is 262 g/mol. The lowest BCUT2D eigenvalue weighted by Crippen LogP contribution is -2.42. The number of hydrogen-bond acceptors (Lipinski definition) is 3. The Morgan fingerprint density at radius 1 is 1.11 bits per heavy atom. The maximum Gasteiger partial charge on any atom is 0.274 e. The van der Waals surface area contributed by atoms with Crippen LogP contribution in [-0.4, -0.2) is 33.9 Å². The van der Waals surface area contributed by atoms with Crippen molar-refractivity contribution in [3.05, 3.63) is 23.2 Å². The SMILES string of the molecule is O=C(c1cnc(Cl)cn1)N1CCC2(CCCC2)CC1. The summed E-state index contributed by atoms with van der Waals surface area (Å²) in [5, 5.41) is 0.320. The van der Waals surface area contributed by atoms with Crippen molar-refractivity contribution in [2.24, 2.45) is 5.41 Å². The van der Waals surface area contributed by atoms with Crippen LogP contribution in [0.5, 0.6) is 0 Å². The number of aromatic nitrogens is 2. The number of piperidine rings is 1. The number of amides is 1. The summed E-state index contributed by atoms with van der Waals surface area (Å²) in [7, 11) is 0. The van der Waals surface area contributed by atoms with Crippen LogP contribution in [0.25, 0.3) is 0 Å². The second-order valence-corrected chi connectivity index (χ2v) is 6.11. The average Bonchev–Trinajstić information content (AvgIpc) is 2.88. The van der Waals surface area contributed by atoms with E-state index in [-0.39, 0.29) is 5.91 Å². The Labute approximate surface area is 118 Å². The van der Waals surface area contributed by atoms with E-state index in [0.717, 1.165) is 25.9 Å². The number of halogens is 1. The summed E-state index contributed by atoms with van der Waals surface area (Å²) in [6.45, 7) is 1.70. The molecule has 1 aliphatic carbocycles. The zero-order chi connectivity index (χ0) is 13.3. The van der Waals surface area contributed by atoms with E-state index in [2.05, 4.69) is 9.97 Å². The number of likely N-dealkylation sites (tertiary alicyclic amines) is 1. The maximum atomic E-state index is 12.3. The highest BCUT2D eigenvalue weighted by Crippen LogP contribution is 2.46. The fraction of sp³-hybridized carbons (Fsp3) is 0.643. The molecule has 1 aromatic heterocycles. The summed E-state index contributed by atoms with van der Waals surface area (Å²) in [5.41, 5.74) is 0.925. The van der Waals surface area contributed by atoms with E-state index in [1.807, 2.05) is 4.90 Å². The molecule has 0 atom stereocenters. The number of carbonyl (C=O) groups excluding carboxylic acids is 1. The molecular formula is C14H18ClN3O. The normalized spacial score (nSPS) is 21.8. The molecule has 0 aromatic carbocycles. The summed E-state index contributed by atoms with van der Waals surface area (Å²) >= 11 is 5.69. The minimum Gasteiger partial charge on any atom is -0.337 e. The molecule has 1 spiro atoms. The molecule has 0 bridgehead atoms. The molecule has 0 N–H and O–H groups in total. The van der Waals surface area contributed by atoms with Crippen LogP contribution >= 0.6 is 11.6 Å². The van der Waals surface area contributed by atoms with Crippen LogP contribution in [0.2, 0.25) is 5.15 Å². The Morgan fingerprint density at radius 3 is 2.37 bits per heavy atom. The van der Waals surface area contributed by atoms with Crippen molar-refractivity contribution in [1.82, 2.24) is 14.9 Å². The molecule has 2 fully saturated rings. The average molecular weight is 280 g/mol. The van der Waals surface area contributed by atoms with Crippen LogP contribution in [-0.2, 0) is 0 Å². The van der Waals surface area contributed by atoms with Gasteiger partial charge in [0, 0.05) is 13.1 Å². The van der Waals surface area contributed by atoms with Crippen LogP contribution in [0.4, 0.5) is 0 Å². The van der Waals surface area contributed by atoms with Crippen molar-refractivity contribution in [3.8, 4) is 0 Å². The predicted molar refractivity (Wildman–Crippen MR) is 73.1 cm³/mol. The molecule has 1 aromatic rings. The van der Waals surface area contributed by atoms with Crippen LogP contribution in [0, 0.1) is 5.41 Å². The highest BCUT2D eigenvalue weighted by atomic mass is 35.5. The first-order valence-corrected chi connectivity index (χ1v) is 7.33. The Kier molecular flexibility index (Phi) is 3.44. The zero-order valence-corrected chi connectivity index (χ0v) is 11.7. The quantitative estimate of drug-likeness (QED) is 0.794. The van der Waals surface area contributed by atoms with Gasteiger partial charge in [-0.05, 0) is 31.1 Å². The molecule has 5 heteroatoms. The van der Waals surface area contributed by atoms with Gasteiger partial charge in [-0.1, -0.05) is 24.4 Å². The van der Waals surface area contributed by atoms with Gasteiger partial charge in [0.25, 0.3) is 5.91 Å². The first kappa shape index (κ1) is 12.9. The van der Waals surface area contributed by atoms with Gasteiger partial charge in [-0.15, -0.1) is 0 Å². The minimum absolute atomic E-state index is 0.0167. The lowest BCUT2D eigenvalue weighted by Gasteiger charge is -2.39. The highest BCUT2D eigenvalue weighted by Gasteiger charge is 2.38. The summed E-state index contributed by atoms with van der Waals surface area (Å²) in [4.78, 5) is 22.2. The summed E-state index contributed by atoms with van der Waals surface area (Å²) in [6, 6.07) is 0. The van der Waals surface area contributed by atoms with Gasteiger partial charge in [0.15, 0.2) is 0 Å². The largest absolute Gasteiger partial charge is 0.337 e. The van der Waals surface area contributed by atoms with E-state index >= 15 is 0 Å². The fourth-order valence-corrected chi connectivity index (χ4v) is 3.49. The van der Waals surface area contributed by atoms with Crippen molar-refractivity contribution in [3.63, 3.8) is 0 Å². The molecule has 1 aliphatic heterocycles. The van der Waals surface area contributed by atoms with E-state index in [1.54, 1.807) is 0 Å². The van der Waals surface area contributed by atoms with Crippen molar-refractivity contribution in [2.75, 3.05) is 13.1 Å². The fourth-order valence-electron chi connectivity index (χ4n) is 3.39. The third-order valence-corrected chi connectivity index (χ3v) is 4.81. The van der Waals surface area contributed by atoms with Gasteiger partial charge in [-0.2, -0.15) is 0 Å². The second-order valence-electron chi connectivity index (χ2n) is 5.72. The topological polar surface area (TPSA) is 46.1 Å². The maximum absolute atomic E-state index is 12.3. The molecule has 2 aliphatic rings. The Morgan fingerprint density at radius 2 is 1.79 bits per heavy atom. The highest BCUT2D eigenvalue weighted by molar-refractivity contribution is 6.29. The first-order chi connectivity index (χ1) is 9.19. The van der Waals surface area contributed by atoms with Gasteiger partial charge in [-0.3, -0.25) is 4.79 Å². The molecule has 102 valence electrons. The van der Waals surface area contributed by atoms with Gasteiger partial charge >= 0.3 is 0 Å². The Bertz CT molecular complexity index is 458. The van der Waals surface area contributed by atoms with Crippen molar-refractivity contribution < 1.29 is 4.79 Å². The van der Waals surface area contributed by atoms with Crippen LogP contribution in [0.15, 0.2) is 12.4 Å². The smallest absolute Gasteiger partial charge is 0.274 e.